The Balaban J connectivity index is 0.00000210. The van der Waals surface area contributed by atoms with Gasteiger partial charge >= 0.3 is 0 Å². The summed E-state index contributed by atoms with van der Waals surface area (Å²) in [4.78, 5) is 12.5. The molecule has 2 N–H and O–H groups in total. The molecule has 0 spiro atoms. The van der Waals surface area contributed by atoms with Crippen LogP contribution in [-0.2, 0) is 13.0 Å². The van der Waals surface area contributed by atoms with Crippen molar-refractivity contribution in [1.29, 1.82) is 0 Å². The van der Waals surface area contributed by atoms with Gasteiger partial charge in [0.15, 0.2) is 0 Å². The summed E-state index contributed by atoms with van der Waals surface area (Å²) >= 11 is 0. The Morgan fingerprint density at radius 3 is 2.74 bits per heavy atom. The molecule has 2 aromatic rings. The first-order valence-electron chi connectivity index (χ1n) is 9.78. The third-order valence-electron chi connectivity index (χ3n) is 5.78. The summed E-state index contributed by atoms with van der Waals surface area (Å²) in [6.45, 7) is 3.87. The van der Waals surface area contributed by atoms with Gasteiger partial charge in [-0.15, -0.1) is 12.4 Å². The first-order valence-corrected chi connectivity index (χ1v) is 9.78. The fraction of sp³-hybridized carbons (Fsp3) is 0.524. The van der Waals surface area contributed by atoms with E-state index in [1.807, 2.05) is 29.1 Å². The number of carbonyl (C=O) groups is 1. The van der Waals surface area contributed by atoms with Gasteiger partial charge in [-0.2, -0.15) is 5.10 Å². The monoisotopic (exact) mass is 388 g/mol. The van der Waals surface area contributed by atoms with Gasteiger partial charge in [-0.25, -0.2) is 0 Å². The van der Waals surface area contributed by atoms with E-state index in [0.717, 1.165) is 56.9 Å². The molecule has 1 saturated carbocycles. The second kappa shape index (κ2) is 8.89. The largest absolute Gasteiger partial charge is 0.351 e. The molecular weight excluding hydrogens is 360 g/mol. The summed E-state index contributed by atoms with van der Waals surface area (Å²) in [5.41, 5.74) is 2.27. The summed E-state index contributed by atoms with van der Waals surface area (Å²) in [6, 6.07) is 10.1. The number of hydrogen-bond acceptors (Lipinski definition) is 3. The van der Waals surface area contributed by atoms with Crippen LogP contribution in [0.2, 0.25) is 0 Å². The molecule has 27 heavy (non-hydrogen) atoms. The fourth-order valence-corrected chi connectivity index (χ4v) is 3.90. The highest BCUT2D eigenvalue weighted by Crippen LogP contribution is 2.46. The van der Waals surface area contributed by atoms with E-state index in [0.29, 0.717) is 0 Å². The van der Waals surface area contributed by atoms with Crippen molar-refractivity contribution in [1.82, 2.24) is 20.4 Å². The van der Waals surface area contributed by atoms with Gasteiger partial charge in [-0.3, -0.25) is 9.48 Å². The van der Waals surface area contributed by atoms with Gasteiger partial charge < -0.3 is 10.6 Å². The molecule has 4 rings (SSSR count). The van der Waals surface area contributed by atoms with E-state index in [4.69, 9.17) is 0 Å². The van der Waals surface area contributed by atoms with Gasteiger partial charge in [0, 0.05) is 36.5 Å². The zero-order valence-electron chi connectivity index (χ0n) is 15.7. The molecule has 6 heteroatoms. The zero-order valence-corrected chi connectivity index (χ0v) is 16.5. The molecule has 1 atom stereocenters. The van der Waals surface area contributed by atoms with E-state index in [1.165, 1.54) is 18.4 Å². The Morgan fingerprint density at radius 2 is 2.11 bits per heavy atom. The van der Waals surface area contributed by atoms with Crippen LogP contribution in [0.15, 0.2) is 42.7 Å². The smallest absolute Gasteiger partial charge is 0.251 e. The maximum atomic E-state index is 12.5. The van der Waals surface area contributed by atoms with Crippen LogP contribution in [0.1, 0.15) is 41.6 Å². The number of nitrogens with zero attached hydrogens (tertiary/aromatic N) is 2. The molecule has 1 amide bonds. The third kappa shape index (κ3) is 5.33. The van der Waals surface area contributed by atoms with Gasteiger partial charge in [-0.05, 0) is 74.9 Å². The number of aromatic nitrogens is 2. The minimum atomic E-state index is 0. The lowest BCUT2D eigenvalue weighted by molar-refractivity contribution is 0.0942. The second-order valence-electron chi connectivity index (χ2n) is 8.00. The van der Waals surface area contributed by atoms with Crippen LogP contribution in [0.3, 0.4) is 0 Å². The third-order valence-corrected chi connectivity index (χ3v) is 5.78. The molecule has 0 radical (unpaired) electrons. The number of nitrogens with one attached hydrogen (secondary N) is 2. The van der Waals surface area contributed by atoms with E-state index in [-0.39, 0.29) is 23.7 Å². The summed E-state index contributed by atoms with van der Waals surface area (Å²) in [5, 5.41) is 10.9. The van der Waals surface area contributed by atoms with Crippen molar-refractivity contribution in [3.63, 3.8) is 0 Å². The molecule has 1 unspecified atom stereocenters. The van der Waals surface area contributed by atoms with Crippen LogP contribution in [0.4, 0.5) is 0 Å². The molecule has 1 aromatic heterocycles. The van der Waals surface area contributed by atoms with E-state index in [2.05, 4.69) is 27.9 Å². The number of halogens is 1. The normalized spacial score (nSPS) is 20.5. The average Bonchev–Trinajstić information content (AvgIpc) is 3.24. The van der Waals surface area contributed by atoms with E-state index in [9.17, 15) is 4.79 Å². The molecule has 146 valence electrons. The molecule has 5 nitrogen and oxygen atoms in total. The Morgan fingerprint density at radius 1 is 1.30 bits per heavy atom. The first-order chi connectivity index (χ1) is 12.7. The van der Waals surface area contributed by atoms with E-state index >= 15 is 0 Å². The van der Waals surface area contributed by atoms with Crippen LogP contribution >= 0.6 is 12.4 Å². The lowest BCUT2D eigenvalue weighted by atomic mass is 9.92. The standard InChI is InChI=1S/C21H28N4O.ClH/c26-20(23-15-21(8-9-21)16-25-12-2-11-24-25)19-6-4-17(5-7-19)13-18-3-1-10-22-14-18;/h2,4-7,11-12,18,22H,1,3,8-10,13-16H2,(H,23,26);1H. The first kappa shape index (κ1) is 19.9. The Hall–Kier alpha value is -1.85. The number of hydrogen-bond donors (Lipinski definition) is 2. The lowest BCUT2D eigenvalue weighted by Gasteiger charge is -2.22. The van der Waals surface area contributed by atoms with Crippen LogP contribution < -0.4 is 10.6 Å². The highest BCUT2D eigenvalue weighted by atomic mass is 35.5. The van der Waals surface area contributed by atoms with Crippen molar-refractivity contribution in [3.05, 3.63) is 53.9 Å². The topological polar surface area (TPSA) is 59.0 Å². The zero-order chi connectivity index (χ0) is 17.8. The summed E-state index contributed by atoms with van der Waals surface area (Å²) in [6.07, 6.45) is 9.77. The van der Waals surface area contributed by atoms with Crippen molar-refractivity contribution in [2.45, 2.75) is 38.6 Å². The maximum Gasteiger partial charge on any atom is 0.251 e. The van der Waals surface area contributed by atoms with Crippen LogP contribution in [0, 0.1) is 11.3 Å². The molecule has 1 aromatic carbocycles. The number of piperidine rings is 1. The molecule has 0 bridgehead atoms. The van der Waals surface area contributed by atoms with Crippen molar-refractivity contribution in [3.8, 4) is 0 Å². The Kier molecular flexibility index (Phi) is 6.55. The number of benzene rings is 1. The molecule has 1 saturated heterocycles. The number of carbonyl (C=O) groups excluding carboxylic acids is 1. The van der Waals surface area contributed by atoms with Crippen LogP contribution in [0.5, 0.6) is 0 Å². The molecule has 2 heterocycles. The highest BCUT2D eigenvalue weighted by molar-refractivity contribution is 5.94. The van der Waals surface area contributed by atoms with Crippen LogP contribution in [0.25, 0.3) is 0 Å². The molecular formula is C21H29ClN4O. The quantitative estimate of drug-likeness (QED) is 0.766. The maximum absolute atomic E-state index is 12.5. The molecule has 2 fully saturated rings. The Bertz CT molecular complexity index is 719. The molecule has 1 aliphatic heterocycles. The number of rotatable bonds is 7. The minimum Gasteiger partial charge on any atom is -0.351 e. The summed E-state index contributed by atoms with van der Waals surface area (Å²) in [7, 11) is 0. The SMILES string of the molecule is Cl.O=C(NCC1(Cn2cccn2)CC1)c1ccc(CC2CCCNC2)cc1. The molecule has 1 aliphatic carbocycles. The van der Waals surface area contributed by atoms with Crippen LogP contribution in [-0.4, -0.2) is 35.3 Å². The number of amides is 1. The molecule has 2 aliphatic rings. The van der Waals surface area contributed by atoms with Crippen molar-refractivity contribution in [2.75, 3.05) is 19.6 Å². The van der Waals surface area contributed by atoms with Gasteiger partial charge in [0.25, 0.3) is 5.91 Å². The fourth-order valence-electron chi connectivity index (χ4n) is 3.90. The predicted molar refractivity (Wildman–Crippen MR) is 109 cm³/mol. The average molecular weight is 389 g/mol. The predicted octanol–water partition coefficient (Wildman–Crippen LogP) is 3.06. The Labute approximate surface area is 167 Å². The highest BCUT2D eigenvalue weighted by Gasteiger charge is 2.43. The van der Waals surface area contributed by atoms with Crippen molar-refractivity contribution < 1.29 is 4.79 Å². The van der Waals surface area contributed by atoms with E-state index in [1.54, 1.807) is 6.20 Å². The lowest BCUT2D eigenvalue weighted by Crippen LogP contribution is -2.32. The minimum absolute atomic E-state index is 0. The summed E-state index contributed by atoms with van der Waals surface area (Å²) < 4.78 is 1.97. The van der Waals surface area contributed by atoms with Gasteiger partial charge in [0.2, 0.25) is 0 Å². The van der Waals surface area contributed by atoms with Gasteiger partial charge in [0.1, 0.15) is 0 Å². The van der Waals surface area contributed by atoms with E-state index < -0.39 is 0 Å². The second-order valence-corrected chi connectivity index (χ2v) is 8.00. The van der Waals surface area contributed by atoms with Crippen molar-refractivity contribution in [2.24, 2.45) is 11.3 Å². The van der Waals surface area contributed by atoms with Gasteiger partial charge in [-0.1, -0.05) is 12.1 Å². The summed E-state index contributed by atoms with van der Waals surface area (Å²) in [5.74, 6) is 0.753. The van der Waals surface area contributed by atoms with Crippen molar-refractivity contribution >= 4 is 18.3 Å². The van der Waals surface area contributed by atoms with Gasteiger partial charge in [0.05, 0.1) is 0 Å².